The second-order valence-corrected chi connectivity index (χ2v) is 10.1. The molecule has 1 atom stereocenters. The van der Waals surface area contributed by atoms with Crippen molar-refractivity contribution in [2.75, 3.05) is 36.3 Å². The molecule has 0 aliphatic carbocycles. The summed E-state index contributed by atoms with van der Waals surface area (Å²) < 4.78 is 38.6. The lowest BCUT2D eigenvalue weighted by Crippen LogP contribution is -2.38. The molecule has 164 valence electrons. The van der Waals surface area contributed by atoms with Gasteiger partial charge in [-0.3, -0.25) is 5.01 Å². The fourth-order valence-electron chi connectivity index (χ4n) is 4.03. The third kappa shape index (κ3) is 4.77. The van der Waals surface area contributed by atoms with Gasteiger partial charge in [0.1, 0.15) is 5.82 Å². The largest absolute Gasteiger partial charge is 0.370 e. The zero-order chi connectivity index (χ0) is 22.1. The predicted octanol–water partition coefficient (Wildman–Crippen LogP) is 3.57. The Morgan fingerprint density at radius 2 is 1.90 bits per heavy atom. The van der Waals surface area contributed by atoms with Gasteiger partial charge in [-0.1, -0.05) is 13.3 Å². The molecule has 0 unspecified atom stereocenters. The highest BCUT2D eigenvalue weighted by Crippen LogP contribution is 2.35. The summed E-state index contributed by atoms with van der Waals surface area (Å²) in [5.41, 5.74) is 4.92. The summed E-state index contributed by atoms with van der Waals surface area (Å²) >= 11 is 0. The lowest BCUT2D eigenvalue weighted by molar-refractivity contribution is 0.393. The Morgan fingerprint density at radius 3 is 2.50 bits per heavy atom. The molecule has 6 nitrogen and oxygen atoms in total. The zero-order valence-corrected chi connectivity index (χ0v) is 18.9. The van der Waals surface area contributed by atoms with Gasteiger partial charge in [0.25, 0.3) is 0 Å². The molecule has 2 N–H and O–H groups in total. The fraction of sp³-hybridized carbons (Fsp3) is 0.455. The first kappa shape index (κ1) is 22.5. The molecular formula is C22H31FN4O2S. The SMILES string of the molecule is CCCc1cc(N2CC[C@H](N(C)S(C)(=O)=O)C2)c(C)cc1N(N)c1ccc(F)cc1. The molecule has 0 aromatic heterocycles. The average molecular weight is 435 g/mol. The van der Waals surface area contributed by atoms with Gasteiger partial charge >= 0.3 is 0 Å². The number of hydrogen-bond acceptors (Lipinski definition) is 5. The molecular weight excluding hydrogens is 403 g/mol. The summed E-state index contributed by atoms with van der Waals surface area (Å²) in [6.07, 6.45) is 3.87. The van der Waals surface area contributed by atoms with Crippen molar-refractivity contribution < 1.29 is 12.8 Å². The van der Waals surface area contributed by atoms with Crippen molar-refractivity contribution in [2.45, 2.75) is 39.2 Å². The van der Waals surface area contributed by atoms with E-state index in [0.717, 1.165) is 54.0 Å². The van der Waals surface area contributed by atoms with Crippen LogP contribution in [0.4, 0.5) is 21.5 Å². The molecule has 30 heavy (non-hydrogen) atoms. The zero-order valence-electron chi connectivity index (χ0n) is 18.1. The van der Waals surface area contributed by atoms with Crippen molar-refractivity contribution in [3.8, 4) is 0 Å². The van der Waals surface area contributed by atoms with Crippen LogP contribution < -0.4 is 15.8 Å². The maximum Gasteiger partial charge on any atom is 0.211 e. The molecule has 2 aromatic carbocycles. The van der Waals surface area contributed by atoms with Gasteiger partial charge in [0, 0.05) is 31.9 Å². The molecule has 3 rings (SSSR count). The van der Waals surface area contributed by atoms with E-state index in [4.69, 9.17) is 5.84 Å². The lowest BCUT2D eigenvalue weighted by atomic mass is 10.0. The van der Waals surface area contributed by atoms with Gasteiger partial charge in [-0.2, -0.15) is 0 Å². The van der Waals surface area contributed by atoms with Crippen LogP contribution in [0.5, 0.6) is 0 Å². The fourth-order valence-corrected chi connectivity index (χ4v) is 4.74. The Hall–Kier alpha value is -2.16. The van der Waals surface area contributed by atoms with E-state index in [-0.39, 0.29) is 11.9 Å². The number of hydrazine groups is 1. The summed E-state index contributed by atoms with van der Waals surface area (Å²) in [7, 11) is -1.56. The average Bonchev–Trinajstić information content (AvgIpc) is 3.17. The van der Waals surface area contributed by atoms with Gasteiger partial charge < -0.3 is 4.90 Å². The first-order chi connectivity index (χ1) is 14.1. The van der Waals surface area contributed by atoms with Crippen LogP contribution in [0.2, 0.25) is 0 Å². The summed E-state index contributed by atoms with van der Waals surface area (Å²) in [5, 5.41) is 1.60. The van der Waals surface area contributed by atoms with Gasteiger partial charge in [0.05, 0.1) is 17.6 Å². The molecule has 0 spiro atoms. The number of hydrogen-bond donors (Lipinski definition) is 1. The number of sulfonamides is 1. The first-order valence-electron chi connectivity index (χ1n) is 10.2. The standard InChI is InChI=1S/C22H31FN4O2S/c1-5-6-17-14-21(26-12-11-20(15-26)25(3)30(4,28)29)16(2)13-22(17)27(24)19-9-7-18(23)8-10-19/h7-10,13-14,20H,5-6,11-12,15,24H2,1-4H3/t20-/m0/s1. The number of benzene rings is 2. The van der Waals surface area contributed by atoms with E-state index in [0.29, 0.717) is 6.54 Å². The van der Waals surface area contributed by atoms with Gasteiger partial charge in [0.15, 0.2) is 0 Å². The number of nitrogens with two attached hydrogens (primary N) is 1. The highest BCUT2D eigenvalue weighted by atomic mass is 32.2. The van der Waals surface area contributed by atoms with Gasteiger partial charge in [-0.05, 0) is 67.3 Å². The van der Waals surface area contributed by atoms with Crippen molar-refractivity contribution >= 4 is 27.1 Å². The van der Waals surface area contributed by atoms with Crippen molar-refractivity contribution in [2.24, 2.45) is 5.84 Å². The maximum atomic E-state index is 13.3. The third-order valence-corrected chi connectivity index (χ3v) is 7.17. The second kappa shape index (κ2) is 8.91. The molecule has 1 aliphatic heterocycles. The van der Waals surface area contributed by atoms with E-state index in [1.165, 1.54) is 22.7 Å². The predicted molar refractivity (Wildman–Crippen MR) is 121 cm³/mol. The van der Waals surface area contributed by atoms with Crippen molar-refractivity contribution in [3.63, 3.8) is 0 Å². The van der Waals surface area contributed by atoms with E-state index in [2.05, 4.69) is 24.0 Å². The minimum Gasteiger partial charge on any atom is -0.370 e. The number of nitrogens with zero attached hydrogens (tertiary/aromatic N) is 3. The molecule has 0 amide bonds. The summed E-state index contributed by atoms with van der Waals surface area (Å²) in [6.45, 7) is 5.63. The van der Waals surface area contributed by atoms with E-state index in [9.17, 15) is 12.8 Å². The second-order valence-electron chi connectivity index (χ2n) is 8.03. The van der Waals surface area contributed by atoms with Crippen molar-refractivity contribution in [1.29, 1.82) is 0 Å². The quantitative estimate of drug-likeness (QED) is 0.533. The Bertz CT molecular complexity index is 995. The van der Waals surface area contributed by atoms with E-state index < -0.39 is 10.0 Å². The molecule has 2 aromatic rings. The van der Waals surface area contributed by atoms with Crippen LogP contribution in [0.15, 0.2) is 36.4 Å². The van der Waals surface area contributed by atoms with Crippen LogP contribution in [0, 0.1) is 12.7 Å². The molecule has 1 fully saturated rings. The molecule has 1 heterocycles. The van der Waals surface area contributed by atoms with Crippen LogP contribution in [0.25, 0.3) is 0 Å². The van der Waals surface area contributed by atoms with Crippen LogP contribution in [0.1, 0.15) is 30.9 Å². The molecule has 0 saturated carbocycles. The summed E-state index contributed by atoms with van der Waals surface area (Å²) in [6, 6.07) is 10.3. The van der Waals surface area contributed by atoms with Crippen LogP contribution in [-0.4, -0.2) is 45.2 Å². The number of anilines is 3. The highest BCUT2D eigenvalue weighted by molar-refractivity contribution is 7.88. The van der Waals surface area contributed by atoms with Crippen molar-refractivity contribution in [1.82, 2.24) is 4.31 Å². The minimum atomic E-state index is -3.21. The number of likely N-dealkylation sites (N-methyl/N-ethyl adjacent to an activating group) is 1. The van der Waals surface area contributed by atoms with E-state index in [1.54, 1.807) is 24.2 Å². The van der Waals surface area contributed by atoms with Gasteiger partial charge in [-0.25, -0.2) is 23.0 Å². The minimum absolute atomic E-state index is 0.0288. The van der Waals surface area contributed by atoms with Crippen LogP contribution in [0.3, 0.4) is 0 Å². The molecule has 1 saturated heterocycles. The lowest BCUT2D eigenvalue weighted by Gasteiger charge is -2.28. The van der Waals surface area contributed by atoms with Gasteiger partial charge in [-0.15, -0.1) is 0 Å². The van der Waals surface area contributed by atoms with E-state index in [1.807, 2.05) is 6.92 Å². The molecule has 0 bridgehead atoms. The van der Waals surface area contributed by atoms with Crippen LogP contribution in [-0.2, 0) is 16.4 Å². The Labute approximate surface area is 179 Å². The summed E-state index contributed by atoms with van der Waals surface area (Å²) in [5.74, 6) is 6.11. The molecule has 0 radical (unpaired) electrons. The number of rotatable bonds is 7. The Kier molecular flexibility index (Phi) is 6.69. The third-order valence-electron chi connectivity index (χ3n) is 5.82. The normalized spacial score (nSPS) is 17.0. The Balaban J connectivity index is 1.91. The van der Waals surface area contributed by atoms with Crippen LogP contribution >= 0.6 is 0 Å². The topological polar surface area (TPSA) is 69.9 Å². The first-order valence-corrected chi connectivity index (χ1v) is 12.1. The number of aryl methyl sites for hydroxylation is 2. The van der Waals surface area contributed by atoms with Crippen molar-refractivity contribution in [3.05, 3.63) is 53.3 Å². The molecule has 8 heteroatoms. The smallest absolute Gasteiger partial charge is 0.211 e. The Morgan fingerprint density at radius 1 is 1.23 bits per heavy atom. The van der Waals surface area contributed by atoms with Gasteiger partial charge in [0.2, 0.25) is 10.0 Å². The maximum absolute atomic E-state index is 13.3. The number of halogens is 1. The highest BCUT2D eigenvalue weighted by Gasteiger charge is 2.31. The molecule has 1 aliphatic rings. The summed E-state index contributed by atoms with van der Waals surface area (Å²) in [4.78, 5) is 2.25. The van der Waals surface area contributed by atoms with E-state index >= 15 is 0 Å². The monoisotopic (exact) mass is 434 g/mol.